The molecule has 0 saturated heterocycles. The summed E-state index contributed by atoms with van der Waals surface area (Å²) < 4.78 is 16.4. The van der Waals surface area contributed by atoms with E-state index < -0.39 is 0 Å². The van der Waals surface area contributed by atoms with Gasteiger partial charge in [-0.15, -0.1) is 10.2 Å². The highest BCUT2D eigenvalue weighted by atomic mass is 16.7. The van der Waals surface area contributed by atoms with Gasteiger partial charge in [0.2, 0.25) is 24.5 Å². The number of rotatable bonds is 9. The number of aliphatic hydroxyl groups is 1. The van der Waals surface area contributed by atoms with Crippen LogP contribution in [-0.4, -0.2) is 46.1 Å². The molecular formula is C22H23N3O5. The zero-order chi connectivity index (χ0) is 20.8. The lowest BCUT2D eigenvalue weighted by atomic mass is 10.1. The molecule has 4 rings (SSSR count). The Morgan fingerprint density at radius 3 is 2.63 bits per heavy atom. The SMILES string of the molecule is O=C(CCc1nnc(Cc2ccc3c(c2)OCO3)o1)N(CCO)Cc1ccccc1. The number of nitrogens with zero attached hydrogens (tertiary/aromatic N) is 3. The van der Waals surface area contributed by atoms with Crippen molar-refractivity contribution >= 4 is 5.91 Å². The normalized spacial score (nSPS) is 12.2. The summed E-state index contributed by atoms with van der Waals surface area (Å²) >= 11 is 0. The molecule has 1 aliphatic heterocycles. The van der Waals surface area contributed by atoms with Gasteiger partial charge in [0.25, 0.3) is 0 Å². The third kappa shape index (κ3) is 4.96. The van der Waals surface area contributed by atoms with Gasteiger partial charge in [-0.3, -0.25) is 4.79 Å². The van der Waals surface area contributed by atoms with Crippen molar-refractivity contribution in [2.45, 2.75) is 25.8 Å². The number of carbonyl (C=O) groups is 1. The molecule has 2 aromatic carbocycles. The molecule has 1 N–H and O–H groups in total. The Kier molecular flexibility index (Phi) is 6.24. The highest BCUT2D eigenvalue weighted by Gasteiger charge is 2.17. The van der Waals surface area contributed by atoms with Gasteiger partial charge in [-0.25, -0.2) is 0 Å². The molecule has 0 spiro atoms. The number of ether oxygens (including phenoxy) is 2. The Bertz CT molecular complexity index is 989. The summed E-state index contributed by atoms with van der Waals surface area (Å²) in [5, 5.41) is 17.4. The Labute approximate surface area is 174 Å². The number of aromatic nitrogens is 2. The zero-order valence-electron chi connectivity index (χ0n) is 16.5. The van der Waals surface area contributed by atoms with Gasteiger partial charge < -0.3 is 23.9 Å². The highest BCUT2D eigenvalue weighted by Crippen LogP contribution is 2.33. The highest BCUT2D eigenvalue weighted by molar-refractivity contribution is 5.76. The number of aryl methyl sites for hydroxylation is 1. The second kappa shape index (κ2) is 9.41. The average molecular weight is 409 g/mol. The van der Waals surface area contributed by atoms with Gasteiger partial charge in [0, 0.05) is 25.9 Å². The molecule has 2 heterocycles. The van der Waals surface area contributed by atoms with Crippen LogP contribution in [0.25, 0.3) is 0 Å². The van der Waals surface area contributed by atoms with Crippen LogP contribution in [0.4, 0.5) is 0 Å². The lowest BCUT2D eigenvalue weighted by Crippen LogP contribution is -2.33. The van der Waals surface area contributed by atoms with Crippen LogP contribution in [0.5, 0.6) is 11.5 Å². The molecule has 0 aliphatic carbocycles. The van der Waals surface area contributed by atoms with E-state index in [4.69, 9.17) is 13.9 Å². The van der Waals surface area contributed by atoms with E-state index in [0.29, 0.717) is 36.9 Å². The maximum Gasteiger partial charge on any atom is 0.231 e. The minimum absolute atomic E-state index is 0.0663. The summed E-state index contributed by atoms with van der Waals surface area (Å²) in [5.41, 5.74) is 1.99. The first kappa shape index (κ1) is 19.9. The molecule has 0 atom stereocenters. The van der Waals surface area contributed by atoms with Crippen LogP contribution >= 0.6 is 0 Å². The monoisotopic (exact) mass is 409 g/mol. The van der Waals surface area contributed by atoms with Crippen molar-refractivity contribution in [3.05, 3.63) is 71.4 Å². The predicted molar refractivity (Wildman–Crippen MR) is 107 cm³/mol. The number of hydrogen-bond acceptors (Lipinski definition) is 7. The van der Waals surface area contributed by atoms with Crippen LogP contribution in [0, 0.1) is 0 Å². The molecule has 1 aliphatic rings. The quantitative estimate of drug-likeness (QED) is 0.579. The smallest absolute Gasteiger partial charge is 0.231 e. The molecule has 0 radical (unpaired) electrons. The van der Waals surface area contributed by atoms with E-state index in [2.05, 4.69) is 10.2 Å². The summed E-state index contributed by atoms with van der Waals surface area (Å²) in [4.78, 5) is 14.3. The van der Waals surface area contributed by atoms with Crippen molar-refractivity contribution in [1.29, 1.82) is 0 Å². The Morgan fingerprint density at radius 2 is 1.80 bits per heavy atom. The van der Waals surface area contributed by atoms with Crippen molar-refractivity contribution in [2.75, 3.05) is 19.9 Å². The zero-order valence-corrected chi connectivity index (χ0v) is 16.5. The van der Waals surface area contributed by atoms with Gasteiger partial charge >= 0.3 is 0 Å². The minimum atomic E-state index is -0.0845. The predicted octanol–water partition coefficient (Wildman–Crippen LogP) is 2.34. The molecule has 1 amide bonds. The van der Waals surface area contributed by atoms with Crippen molar-refractivity contribution in [2.24, 2.45) is 0 Å². The van der Waals surface area contributed by atoms with E-state index in [9.17, 15) is 9.90 Å². The molecule has 0 saturated carbocycles. The van der Waals surface area contributed by atoms with Crippen molar-refractivity contribution in [1.82, 2.24) is 15.1 Å². The van der Waals surface area contributed by atoms with Gasteiger partial charge in [0.15, 0.2) is 11.5 Å². The Balaban J connectivity index is 1.32. The molecule has 0 fully saturated rings. The number of benzene rings is 2. The number of hydrogen-bond donors (Lipinski definition) is 1. The van der Waals surface area contributed by atoms with Gasteiger partial charge in [0.05, 0.1) is 13.0 Å². The molecule has 156 valence electrons. The van der Waals surface area contributed by atoms with E-state index >= 15 is 0 Å². The minimum Gasteiger partial charge on any atom is -0.454 e. The van der Waals surface area contributed by atoms with Crippen LogP contribution < -0.4 is 9.47 Å². The number of amides is 1. The standard InChI is InChI=1S/C22H23N3O5/c26-11-10-25(14-16-4-2-1-3-5-16)22(27)9-8-20-23-24-21(30-20)13-17-6-7-18-19(12-17)29-15-28-18/h1-7,12,26H,8-11,13-15H2. The summed E-state index contributed by atoms with van der Waals surface area (Å²) in [6.45, 7) is 0.889. The lowest BCUT2D eigenvalue weighted by molar-refractivity contribution is -0.132. The summed E-state index contributed by atoms with van der Waals surface area (Å²) in [6, 6.07) is 15.4. The van der Waals surface area contributed by atoms with E-state index in [0.717, 1.165) is 16.9 Å². The first-order valence-electron chi connectivity index (χ1n) is 9.83. The second-order valence-corrected chi connectivity index (χ2v) is 6.98. The van der Waals surface area contributed by atoms with Gasteiger partial charge in [-0.2, -0.15) is 0 Å². The largest absolute Gasteiger partial charge is 0.454 e. The number of aliphatic hydroxyl groups excluding tert-OH is 1. The van der Waals surface area contributed by atoms with Crippen LogP contribution in [0.1, 0.15) is 29.3 Å². The molecule has 1 aromatic heterocycles. The molecule has 0 bridgehead atoms. The van der Waals surface area contributed by atoms with Crippen molar-refractivity contribution in [3.63, 3.8) is 0 Å². The van der Waals surface area contributed by atoms with Crippen LogP contribution in [0.3, 0.4) is 0 Å². The fourth-order valence-corrected chi connectivity index (χ4v) is 3.27. The Hall–Kier alpha value is -3.39. The summed E-state index contributed by atoms with van der Waals surface area (Å²) in [6.07, 6.45) is 1.06. The first-order chi connectivity index (χ1) is 14.7. The van der Waals surface area contributed by atoms with Crippen molar-refractivity contribution in [3.8, 4) is 11.5 Å². The van der Waals surface area contributed by atoms with E-state index in [1.54, 1.807) is 4.90 Å². The van der Waals surface area contributed by atoms with Gasteiger partial charge in [0.1, 0.15) is 0 Å². The summed E-state index contributed by atoms with van der Waals surface area (Å²) in [7, 11) is 0. The van der Waals surface area contributed by atoms with Crippen LogP contribution in [0.2, 0.25) is 0 Å². The van der Waals surface area contributed by atoms with E-state index in [-0.39, 0.29) is 32.3 Å². The molecule has 30 heavy (non-hydrogen) atoms. The first-order valence-corrected chi connectivity index (χ1v) is 9.83. The molecular weight excluding hydrogens is 386 g/mol. The van der Waals surface area contributed by atoms with Crippen LogP contribution in [-0.2, 0) is 24.2 Å². The van der Waals surface area contributed by atoms with Crippen LogP contribution in [0.15, 0.2) is 52.9 Å². The molecule has 0 unspecified atom stereocenters. The lowest BCUT2D eigenvalue weighted by Gasteiger charge is -2.21. The summed E-state index contributed by atoms with van der Waals surface area (Å²) in [5.74, 6) is 2.27. The topological polar surface area (TPSA) is 97.9 Å². The second-order valence-electron chi connectivity index (χ2n) is 6.98. The number of fused-ring (bicyclic) bond motifs is 1. The van der Waals surface area contributed by atoms with E-state index in [1.807, 2.05) is 48.5 Å². The Morgan fingerprint density at radius 1 is 1.00 bits per heavy atom. The third-order valence-corrected chi connectivity index (χ3v) is 4.79. The molecule has 3 aromatic rings. The van der Waals surface area contributed by atoms with E-state index in [1.165, 1.54) is 0 Å². The molecule has 8 nitrogen and oxygen atoms in total. The number of carbonyl (C=O) groups excluding carboxylic acids is 1. The van der Waals surface area contributed by atoms with Crippen molar-refractivity contribution < 1.29 is 23.8 Å². The fraction of sp³-hybridized carbons (Fsp3) is 0.318. The van der Waals surface area contributed by atoms with Gasteiger partial charge in [-0.1, -0.05) is 36.4 Å². The fourth-order valence-electron chi connectivity index (χ4n) is 3.27. The average Bonchev–Trinajstić information content (AvgIpc) is 3.41. The maximum atomic E-state index is 12.6. The maximum absolute atomic E-state index is 12.6. The third-order valence-electron chi connectivity index (χ3n) is 4.79. The molecule has 8 heteroatoms. The van der Waals surface area contributed by atoms with Gasteiger partial charge in [-0.05, 0) is 23.3 Å².